The number of benzene rings is 1. The number of aromatic nitrogens is 2. The minimum Gasteiger partial charge on any atom is -0.493 e. The molecule has 0 bridgehead atoms. The Labute approximate surface area is 171 Å². The summed E-state index contributed by atoms with van der Waals surface area (Å²) in [6.45, 7) is 6.57. The predicted molar refractivity (Wildman–Crippen MR) is 111 cm³/mol. The molecule has 4 rings (SSSR count). The molecule has 1 saturated heterocycles. The molecule has 2 aliphatic heterocycles. The molecule has 8 heteroatoms. The zero-order valence-corrected chi connectivity index (χ0v) is 17.2. The van der Waals surface area contributed by atoms with Crippen molar-refractivity contribution < 1.29 is 14.3 Å². The second-order valence-electron chi connectivity index (χ2n) is 7.44. The van der Waals surface area contributed by atoms with Gasteiger partial charge in [0.05, 0.1) is 14.2 Å². The van der Waals surface area contributed by atoms with Crippen LogP contribution >= 0.6 is 0 Å². The lowest BCUT2D eigenvalue weighted by molar-refractivity contribution is -0.118. The van der Waals surface area contributed by atoms with Crippen molar-refractivity contribution in [3.63, 3.8) is 0 Å². The average molecular weight is 397 g/mol. The molecule has 1 fully saturated rings. The van der Waals surface area contributed by atoms with Gasteiger partial charge in [-0.2, -0.15) is 4.98 Å². The highest BCUT2D eigenvalue weighted by Crippen LogP contribution is 2.34. The largest absolute Gasteiger partial charge is 0.493 e. The van der Waals surface area contributed by atoms with Crippen LogP contribution in [-0.2, 0) is 17.8 Å². The Morgan fingerprint density at radius 1 is 0.897 bits per heavy atom. The Kier molecular flexibility index (Phi) is 5.42. The van der Waals surface area contributed by atoms with Crippen LogP contribution in [0.3, 0.4) is 0 Å². The molecule has 1 aromatic heterocycles. The molecule has 2 aliphatic rings. The van der Waals surface area contributed by atoms with Crippen molar-refractivity contribution in [1.29, 1.82) is 0 Å². The monoisotopic (exact) mass is 397 g/mol. The maximum Gasteiger partial charge on any atom is 0.227 e. The second-order valence-corrected chi connectivity index (χ2v) is 7.44. The van der Waals surface area contributed by atoms with Crippen LogP contribution in [0.4, 0.5) is 11.8 Å². The smallest absolute Gasteiger partial charge is 0.227 e. The average Bonchev–Trinajstić information content (AvgIpc) is 2.77. The summed E-state index contributed by atoms with van der Waals surface area (Å²) >= 11 is 0. The molecule has 0 aliphatic carbocycles. The van der Waals surface area contributed by atoms with Crippen molar-refractivity contribution in [3.8, 4) is 11.5 Å². The molecule has 1 amide bonds. The summed E-state index contributed by atoms with van der Waals surface area (Å²) < 4.78 is 10.9. The van der Waals surface area contributed by atoms with Gasteiger partial charge in [-0.25, -0.2) is 4.98 Å². The summed E-state index contributed by atoms with van der Waals surface area (Å²) in [5, 5.41) is 0. The number of amides is 1. The number of aryl methyl sites for hydroxylation is 1. The van der Waals surface area contributed by atoms with E-state index in [0.29, 0.717) is 13.1 Å². The first kappa shape index (κ1) is 19.3. The lowest BCUT2D eigenvalue weighted by Gasteiger charge is -2.34. The summed E-state index contributed by atoms with van der Waals surface area (Å²) in [5.41, 5.74) is 3.46. The molecule has 0 saturated carbocycles. The van der Waals surface area contributed by atoms with Crippen LogP contribution in [0, 0.1) is 6.92 Å². The number of fused-ring (bicyclic) bond motifs is 1. The van der Waals surface area contributed by atoms with Crippen LogP contribution < -0.4 is 19.3 Å². The fraction of sp³-hybridized carbons (Fsp3) is 0.476. The van der Waals surface area contributed by atoms with Crippen LogP contribution in [0.25, 0.3) is 0 Å². The van der Waals surface area contributed by atoms with Gasteiger partial charge in [-0.05, 0) is 36.6 Å². The van der Waals surface area contributed by atoms with Crippen molar-refractivity contribution in [2.75, 3.05) is 56.7 Å². The van der Waals surface area contributed by atoms with Crippen LogP contribution in [0.5, 0.6) is 11.5 Å². The summed E-state index contributed by atoms with van der Waals surface area (Å²) in [7, 11) is 3.33. The van der Waals surface area contributed by atoms with E-state index in [4.69, 9.17) is 14.5 Å². The van der Waals surface area contributed by atoms with E-state index in [1.165, 1.54) is 11.1 Å². The fourth-order valence-corrected chi connectivity index (χ4v) is 3.95. The van der Waals surface area contributed by atoms with Gasteiger partial charge in [-0.15, -0.1) is 0 Å². The normalized spacial score (nSPS) is 16.4. The molecule has 0 N–H and O–H groups in total. The number of methoxy groups -OCH3 is 2. The summed E-state index contributed by atoms with van der Waals surface area (Å²) in [6, 6.07) is 6.18. The topological polar surface area (TPSA) is 71.0 Å². The zero-order valence-electron chi connectivity index (χ0n) is 17.2. The summed E-state index contributed by atoms with van der Waals surface area (Å²) in [5.74, 6) is 3.20. The number of hydrogen-bond acceptors (Lipinski definition) is 7. The van der Waals surface area contributed by atoms with Crippen molar-refractivity contribution in [2.24, 2.45) is 0 Å². The number of nitrogens with zero attached hydrogens (tertiary/aromatic N) is 5. The highest BCUT2D eigenvalue weighted by molar-refractivity contribution is 5.53. The highest BCUT2D eigenvalue weighted by atomic mass is 16.5. The van der Waals surface area contributed by atoms with Crippen LogP contribution in [0.15, 0.2) is 18.2 Å². The van der Waals surface area contributed by atoms with Gasteiger partial charge >= 0.3 is 0 Å². The number of ether oxygens (including phenoxy) is 2. The van der Waals surface area contributed by atoms with E-state index in [9.17, 15) is 4.79 Å². The molecule has 0 spiro atoms. The Morgan fingerprint density at radius 3 is 2.24 bits per heavy atom. The number of carbonyl (C=O) groups excluding carboxylic acids is 1. The molecule has 1 aromatic carbocycles. The van der Waals surface area contributed by atoms with Crippen LogP contribution in [0.2, 0.25) is 0 Å². The fourth-order valence-electron chi connectivity index (χ4n) is 3.95. The predicted octanol–water partition coefficient (Wildman–Crippen LogP) is 1.64. The van der Waals surface area contributed by atoms with Gasteiger partial charge in [-0.1, -0.05) is 0 Å². The maximum atomic E-state index is 11.0. The van der Waals surface area contributed by atoms with Crippen LogP contribution in [0.1, 0.15) is 16.8 Å². The van der Waals surface area contributed by atoms with Crippen molar-refractivity contribution in [2.45, 2.75) is 19.9 Å². The number of carbonyl (C=O) groups is 1. The third-order valence-corrected chi connectivity index (χ3v) is 5.62. The maximum absolute atomic E-state index is 11.0. The molecule has 0 atom stereocenters. The van der Waals surface area contributed by atoms with E-state index in [2.05, 4.69) is 26.9 Å². The van der Waals surface area contributed by atoms with Gasteiger partial charge in [0.15, 0.2) is 11.5 Å². The Hall–Kier alpha value is -3.03. The minimum absolute atomic E-state index is 0.703. The number of rotatable bonds is 5. The van der Waals surface area contributed by atoms with Gasteiger partial charge in [-0.3, -0.25) is 4.79 Å². The van der Waals surface area contributed by atoms with E-state index in [-0.39, 0.29) is 0 Å². The van der Waals surface area contributed by atoms with Gasteiger partial charge < -0.3 is 24.2 Å². The van der Waals surface area contributed by atoms with Gasteiger partial charge in [0.25, 0.3) is 0 Å². The Morgan fingerprint density at radius 2 is 1.59 bits per heavy atom. The molecule has 0 unspecified atom stereocenters. The first-order valence-corrected chi connectivity index (χ1v) is 9.90. The van der Waals surface area contributed by atoms with E-state index < -0.39 is 0 Å². The number of piperazine rings is 1. The second kappa shape index (κ2) is 8.14. The Bertz CT molecular complexity index is 896. The SMILES string of the molecule is COc1cc2c(cc1OC)CN(c1cc(C)nc(N3CCN(C=O)CC3)n1)CC2. The zero-order chi connectivity index (χ0) is 20.4. The molecule has 2 aromatic rings. The molecule has 8 nitrogen and oxygen atoms in total. The minimum atomic E-state index is 0.703. The molecular weight excluding hydrogens is 370 g/mol. The first-order valence-electron chi connectivity index (χ1n) is 9.90. The van der Waals surface area contributed by atoms with Gasteiger partial charge in [0, 0.05) is 51.0 Å². The molecule has 154 valence electrons. The molecule has 29 heavy (non-hydrogen) atoms. The standard InChI is InChI=1S/C21H27N5O3/c1-15-10-20(23-21(22-15)25-8-6-24(14-27)7-9-25)26-5-4-16-11-18(28-2)19(29-3)12-17(16)13-26/h10-12,14H,4-9,13H2,1-3H3. The first-order chi connectivity index (χ1) is 14.1. The quantitative estimate of drug-likeness (QED) is 0.711. The molecule has 3 heterocycles. The van der Waals surface area contributed by atoms with Crippen molar-refractivity contribution in [3.05, 3.63) is 35.0 Å². The van der Waals surface area contributed by atoms with E-state index in [1.807, 2.05) is 13.0 Å². The van der Waals surface area contributed by atoms with E-state index >= 15 is 0 Å². The van der Waals surface area contributed by atoms with E-state index in [0.717, 1.165) is 68.0 Å². The summed E-state index contributed by atoms with van der Waals surface area (Å²) in [4.78, 5) is 26.7. The lowest BCUT2D eigenvalue weighted by atomic mass is 9.99. The van der Waals surface area contributed by atoms with Crippen molar-refractivity contribution in [1.82, 2.24) is 14.9 Å². The van der Waals surface area contributed by atoms with E-state index in [1.54, 1.807) is 19.1 Å². The van der Waals surface area contributed by atoms with Crippen molar-refractivity contribution >= 4 is 18.2 Å². The highest BCUT2D eigenvalue weighted by Gasteiger charge is 2.23. The lowest BCUT2D eigenvalue weighted by Crippen LogP contribution is -2.46. The molecular formula is C21H27N5O3. The van der Waals surface area contributed by atoms with Crippen LogP contribution in [-0.4, -0.2) is 68.2 Å². The molecule has 0 radical (unpaired) electrons. The number of hydrogen-bond donors (Lipinski definition) is 0. The summed E-state index contributed by atoms with van der Waals surface area (Å²) in [6.07, 6.45) is 1.83. The van der Waals surface area contributed by atoms with Gasteiger partial charge in [0.1, 0.15) is 5.82 Å². The number of anilines is 2. The third kappa shape index (κ3) is 3.92. The Balaban J connectivity index is 1.56. The van der Waals surface area contributed by atoms with Gasteiger partial charge in [0.2, 0.25) is 12.4 Å². The third-order valence-electron chi connectivity index (χ3n) is 5.62.